The van der Waals surface area contributed by atoms with Crippen molar-refractivity contribution in [3.8, 4) is 11.1 Å². The Bertz CT molecular complexity index is 1060. The predicted molar refractivity (Wildman–Crippen MR) is 110 cm³/mol. The minimum Gasteiger partial charge on any atom is -0.444 e. The van der Waals surface area contributed by atoms with Crippen LogP contribution in [0, 0.1) is 11.6 Å². The van der Waals surface area contributed by atoms with Gasteiger partial charge in [0.05, 0.1) is 12.6 Å². The fourth-order valence-electron chi connectivity index (χ4n) is 3.69. The van der Waals surface area contributed by atoms with Crippen molar-refractivity contribution in [2.45, 2.75) is 50.8 Å². The number of amides is 1. The topological polar surface area (TPSA) is 78.3 Å². The smallest absolute Gasteiger partial charge is 0.410 e. The number of azide groups is 1. The average molecular weight is 450 g/mol. The van der Waals surface area contributed by atoms with Gasteiger partial charge < -0.3 is 4.74 Å². The van der Waals surface area contributed by atoms with E-state index in [0.717, 1.165) is 11.0 Å². The molecule has 1 amide bonds. The molecule has 0 N–H and O–H groups in total. The summed E-state index contributed by atoms with van der Waals surface area (Å²) in [5.74, 6) is -4.82. The van der Waals surface area contributed by atoms with E-state index in [9.17, 15) is 18.0 Å². The molecule has 0 bridgehead atoms. The number of benzene rings is 2. The molecule has 0 aliphatic carbocycles. The van der Waals surface area contributed by atoms with E-state index in [1.165, 1.54) is 36.4 Å². The summed E-state index contributed by atoms with van der Waals surface area (Å²) in [6.07, 6.45) is -1.37. The van der Waals surface area contributed by atoms with E-state index in [1.807, 2.05) is 0 Å². The van der Waals surface area contributed by atoms with Crippen molar-refractivity contribution < 1.29 is 27.1 Å². The standard InChI is InChI=1S/C22H22F4N4O2/c1-21(2,3)32-20(31)30-12-22(25,26)19(28-29-27)17(30)11-14-7-5-9-16(18(14)24)13-6-4-8-15(23)10-13/h4-10,17,19H,11-12H2,1-3H3. The number of nitrogens with zero attached hydrogens (tertiary/aromatic N) is 4. The molecule has 0 saturated carbocycles. The van der Waals surface area contributed by atoms with Gasteiger partial charge in [-0.25, -0.2) is 22.4 Å². The number of halogens is 4. The summed E-state index contributed by atoms with van der Waals surface area (Å²) in [5, 5.41) is 3.21. The van der Waals surface area contributed by atoms with Crippen LogP contribution >= 0.6 is 0 Å². The summed E-state index contributed by atoms with van der Waals surface area (Å²) in [7, 11) is 0. The normalized spacial score (nSPS) is 20.0. The molecule has 2 unspecified atom stereocenters. The molecule has 1 aliphatic rings. The number of carbonyl (C=O) groups is 1. The average Bonchev–Trinajstić information content (AvgIpc) is 2.93. The second-order valence-electron chi connectivity index (χ2n) is 8.58. The van der Waals surface area contributed by atoms with Crippen molar-refractivity contribution in [3.05, 3.63) is 70.1 Å². The molecular weight excluding hydrogens is 428 g/mol. The first-order valence-electron chi connectivity index (χ1n) is 9.88. The number of alkyl halides is 2. The van der Waals surface area contributed by atoms with Crippen LogP contribution in [0.3, 0.4) is 0 Å². The fraction of sp³-hybridized carbons (Fsp3) is 0.409. The maximum absolute atomic E-state index is 15.3. The Morgan fingerprint density at radius 3 is 2.56 bits per heavy atom. The van der Waals surface area contributed by atoms with Gasteiger partial charge in [0.1, 0.15) is 23.3 Å². The number of likely N-dealkylation sites (tertiary alicyclic amines) is 1. The first-order valence-corrected chi connectivity index (χ1v) is 9.88. The Balaban J connectivity index is 2.00. The van der Waals surface area contributed by atoms with Gasteiger partial charge in [-0.15, -0.1) is 0 Å². The van der Waals surface area contributed by atoms with E-state index < -0.39 is 47.9 Å². The minimum absolute atomic E-state index is 0.0150. The third kappa shape index (κ3) is 4.96. The van der Waals surface area contributed by atoms with Crippen LogP contribution in [0.2, 0.25) is 0 Å². The summed E-state index contributed by atoms with van der Waals surface area (Å²) in [4.78, 5) is 15.9. The third-order valence-corrected chi connectivity index (χ3v) is 5.03. The van der Waals surface area contributed by atoms with Crippen LogP contribution in [0.25, 0.3) is 21.6 Å². The Kier molecular flexibility index (Phi) is 6.37. The van der Waals surface area contributed by atoms with Crippen LogP contribution in [0.15, 0.2) is 47.6 Å². The van der Waals surface area contributed by atoms with Crippen molar-refractivity contribution in [3.63, 3.8) is 0 Å². The largest absolute Gasteiger partial charge is 0.444 e. The zero-order valence-electron chi connectivity index (χ0n) is 17.7. The van der Waals surface area contributed by atoms with E-state index >= 15 is 4.39 Å². The second kappa shape index (κ2) is 8.70. The van der Waals surface area contributed by atoms with Gasteiger partial charge >= 0.3 is 6.09 Å². The summed E-state index contributed by atoms with van der Waals surface area (Å²) in [6, 6.07) is 6.40. The van der Waals surface area contributed by atoms with Gasteiger partial charge in [0.25, 0.3) is 5.92 Å². The van der Waals surface area contributed by atoms with Crippen molar-refractivity contribution in [1.29, 1.82) is 0 Å². The predicted octanol–water partition coefficient (Wildman–Crippen LogP) is 6.11. The molecule has 6 nitrogen and oxygen atoms in total. The Morgan fingerprint density at radius 1 is 1.25 bits per heavy atom. The Hall–Kier alpha value is -3.26. The highest BCUT2D eigenvalue weighted by Gasteiger charge is 2.56. The minimum atomic E-state index is -3.52. The molecule has 10 heteroatoms. The maximum Gasteiger partial charge on any atom is 0.410 e. The van der Waals surface area contributed by atoms with Crippen molar-refractivity contribution in [2.75, 3.05) is 6.54 Å². The van der Waals surface area contributed by atoms with Crippen LogP contribution in [-0.2, 0) is 11.2 Å². The zero-order valence-corrected chi connectivity index (χ0v) is 17.7. The van der Waals surface area contributed by atoms with Gasteiger partial charge in [-0.3, -0.25) is 4.90 Å². The first-order chi connectivity index (χ1) is 14.9. The molecule has 2 aromatic rings. The number of hydrogen-bond donors (Lipinski definition) is 0. The number of carbonyl (C=O) groups excluding carboxylic acids is 1. The van der Waals surface area contributed by atoms with E-state index in [-0.39, 0.29) is 23.1 Å². The van der Waals surface area contributed by atoms with Gasteiger partial charge in [0.2, 0.25) is 0 Å². The van der Waals surface area contributed by atoms with Gasteiger partial charge in [-0.1, -0.05) is 35.4 Å². The molecule has 1 fully saturated rings. The quantitative estimate of drug-likeness (QED) is 0.244. The number of hydrogen-bond acceptors (Lipinski definition) is 3. The van der Waals surface area contributed by atoms with Crippen LogP contribution in [-0.4, -0.2) is 41.1 Å². The van der Waals surface area contributed by atoms with Crippen LogP contribution in [0.1, 0.15) is 26.3 Å². The highest BCUT2D eigenvalue weighted by molar-refractivity contribution is 5.70. The maximum atomic E-state index is 15.3. The van der Waals surface area contributed by atoms with E-state index in [4.69, 9.17) is 10.3 Å². The molecular formula is C22H22F4N4O2. The SMILES string of the molecule is CC(C)(C)OC(=O)N1CC(F)(F)C(N=[N+]=[N-])C1Cc1cccc(-c2cccc(F)c2)c1F. The lowest BCUT2D eigenvalue weighted by Crippen LogP contribution is -2.43. The van der Waals surface area contributed by atoms with Crippen LogP contribution < -0.4 is 0 Å². The molecule has 0 radical (unpaired) electrons. The van der Waals surface area contributed by atoms with Gasteiger partial charge in [-0.2, -0.15) is 0 Å². The molecule has 1 aliphatic heterocycles. The lowest BCUT2D eigenvalue weighted by molar-refractivity contribution is -0.00932. The fourth-order valence-corrected chi connectivity index (χ4v) is 3.69. The van der Waals surface area contributed by atoms with E-state index in [1.54, 1.807) is 20.8 Å². The van der Waals surface area contributed by atoms with Gasteiger partial charge in [0.15, 0.2) is 0 Å². The molecule has 0 spiro atoms. The summed E-state index contributed by atoms with van der Waals surface area (Å²) in [5.41, 5.74) is 8.23. The van der Waals surface area contributed by atoms with E-state index in [0.29, 0.717) is 0 Å². The first kappa shape index (κ1) is 23.4. The molecule has 1 heterocycles. The van der Waals surface area contributed by atoms with Gasteiger partial charge in [0, 0.05) is 10.5 Å². The highest BCUT2D eigenvalue weighted by atomic mass is 19.3. The Labute approximate surface area is 182 Å². The second-order valence-corrected chi connectivity index (χ2v) is 8.58. The summed E-state index contributed by atoms with van der Waals surface area (Å²) < 4.78 is 63.4. The van der Waals surface area contributed by atoms with Crippen LogP contribution in [0.5, 0.6) is 0 Å². The third-order valence-electron chi connectivity index (χ3n) is 5.03. The molecule has 3 rings (SSSR count). The summed E-state index contributed by atoms with van der Waals surface area (Å²) >= 11 is 0. The molecule has 2 atom stereocenters. The number of ether oxygens (including phenoxy) is 1. The molecule has 32 heavy (non-hydrogen) atoms. The van der Waals surface area contributed by atoms with Crippen molar-refractivity contribution >= 4 is 6.09 Å². The van der Waals surface area contributed by atoms with E-state index in [2.05, 4.69) is 10.0 Å². The van der Waals surface area contributed by atoms with Gasteiger partial charge in [-0.05, 0) is 56.0 Å². The monoisotopic (exact) mass is 450 g/mol. The molecule has 1 saturated heterocycles. The van der Waals surface area contributed by atoms with Crippen molar-refractivity contribution in [1.82, 2.24) is 4.90 Å². The zero-order chi connectivity index (χ0) is 23.7. The summed E-state index contributed by atoms with van der Waals surface area (Å²) in [6.45, 7) is 3.73. The lowest BCUT2D eigenvalue weighted by atomic mass is 9.95. The Morgan fingerprint density at radius 2 is 1.94 bits per heavy atom. The van der Waals surface area contributed by atoms with Crippen molar-refractivity contribution in [2.24, 2.45) is 5.11 Å². The highest BCUT2D eigenvalue weighted by Crippen LogP contribution is 2.38. The van der Waals surface area contributed by atoms with Crippen LogP contribution in [0.4, 0.5) is 22.4 Å². The number of rotatable bonds is 4. The molecule has 2 aromatic carbocycles. The molecule has 0 aromatic heterocycles. The lowest BCUT2D eigenvalue weighted by Gasteiger charge is -2.29. The molecule has 170 valence electrons.